The number of ether oxygens (including phenoxy) is 17. The number of carbonyl (C=O) groups excluding carboxylic acids is 1. The van der Waals surface area contributed by atoms with Crippen LogP contribution in [0.15, 0.2) is 48.1 Å². The third-order valence-electron chi connectivity index (χ3n) is 24.0. The lowest BCUT2D eigenvalue weighted by Gasteiger charge is -2.67. The first-order valence-electron chi connectivity index (χ1n) is 35.2. The Balaban J connectivity index is 0.665. The number of esters is 1. The van der Waals surface area contributed by atoms with Crippen LogP contribution in [0, 0.1) is 16.7 Å². The van der Waals surface area contributed by atoms with Crippen molar-refractivity contribution in [3.05, 3.63) is 53.6 Å². The number of hydrogen-bond acceptors (Lipinski definition) is 30. The van der Waals surface area contributed by atoms with Crippen molar-refractivity contribution in [2.24, 2.45) is 16.7 Å². The fourth-order valence-corrected chi connectivity index (χ4v) is 18.1. The molecule has 3 saturated carbocycles. The zero-order chi connectivity index (χ0) is 72.3. The first kappa shape index (κ1) is 78.1. The molecule has 6 heterocycles. The second-order valence-corrected chi connectivity index (χ2v) is 29.6. The zero-order valence-corrected chi connectivity index (χ0v) is 58.7. The minimum atomic E-state index is -1.95. The van der Waals surface area contributed by atoms with Gasteiger partial charge in [0.1, 0.15) is 108 Å². The highest BCUT2D eigenvalue weighted by molar-refractivity contribution is 5.87. The quantitative estimate of drug-likeness (QED) is 0.0401. The van der Waals surface area contributed by atoms with Gasteiger partial charge in [0.25, 0.3) is 0 Å². The van der Waals surface area contributed by atoms with Gasteiger partial charge in [-0.1, -0.05) is 55.8 Å². The molecule has 0 amide bonds. The second-order valence-electron chi connectivity index (χ2n) is 29.6. The van der Waals surface area contributed by atoms with E-state index in [1.54, 1.807) is 48.0 Å². The zero-order valence-electron chi connectivity index (χ0n) is 58.7. The summed E-state index contributed by atoms with van der Waals surface area (Å²) in [5.41, 5.74) is -6.08. The van der Waals surface area contributed by atoms with Gasteiger partial charge < -0.3 is 142 Å². The number of aliphatic hydroxyl groups excluding tert-OH is 9. The molecule has 9 fully saturated rings. The SMILES string of the molecule is COC1CC(OC2CCC3(C)C(=CCC4(O)C3CC(OC(=O)C=Cc3ccccc3)C3(C)C(O)(C(C)O)CCC43O)C2)OC(C)C1OC1CC(OC)C(OC2OC(C)C(OC3CC(OC)C(OC4OC(COC5OC(CO)C(O)C(O)C5O)C(O)C(O)C4O)C(C)O3)C(OC)C2O)C(C)O1. The lowest BCUT2D eigenvalue weighted by atomic mass is 9.42. The van der Waals surface area contributed by atoms with Gasteiger partial charge >= 0.3 is 5.97 Å². The lowest BCUT2D eigenvalue weighted by molar-refractivity contribution is -0.373. The fourth-order valence-electron chi connectivity index (χ4n) is 18.1. The monoisotopic (exact) mass is 1430 g/mol. The van der Waals surface area contributed by atoms with E-state index in [9.17, 15) is 66.1 Å². The van der Waals surface area contributed by atoms with Crippen LogP contribution >= 0.6 is 0 Å². The molecule has 11 rings (SSSR count). The summed E-state index contributed by atoms with van der Waals surface area (Å²) in [6.07, 6.45) is -25.7. The maximum absolute atomic E-state index is 13.7. The average Bonchev–Trinajstić information content (AvgIpc) is 1.41. The van der Waals surface area contributed by atoms with E-state index in [1.807, 2.05) is 43.3 Å². The molecule has 0 bridgehead atoms. The van der Waals surface area contributed by atoms with Gasteiger partial charge in [-0.3, -0.25) is 0 Å². The molecule has 0 aromatic heterocycles. The smallest absolute Gasteiger partial charge is 0.331 e. The van der Waals surface area contributed by atoms with Crippen LogP contribution in [-0.2, 0) is 85.3 Å². The van der Waals surface area contributed by atoms with Crippen molar-refractivity contribution in [2.45, 2.75) is 314 Å². The van der Waals surface area contributed by atoms with E-state index in [1.165, 1.54) is 27.2 Å². The highest BCUT2D eigenvalue weighted by atomic mass is 16.8. The van der Waals surface area contributed by atoms with Crippen molar-refractivity contribution in [3.8, 4) is 0 Å². The normalized spacial score (nSPS) is 50.2. The van der Waals surface area contributed by atoms with E-state index < -0.39 is 231 Å². The van der Waals surface area contributed by atoms with Gasteiger partial charge in [-0.05, 0) is 96.6 Å². The van der Waals surface area contributed by atoms with Gasteiger partial charge in [-0.2, -0.15) is 0 Å². The third kappa shape index (κ3) is 14.5. The van der Waals surface area contributed by atoms with E-state index in [0.29, 0.717) is 25.7 Å². The number of benzene rings is 1. The fraction of sp³-hybridized carbons (Fsp3) is 0.843. The van der Waals surface area contributed by atoms with Crippen LogP contribution < -0.4 is 0 Å². The van der Waals surface area contributed by atoms with Crippen molar-refractivity contribution in [1.29, 1.82) is 0 Å². The van der Waals surface area contributed by atoms with Crippen LogP contribution in [0.2, 0.25) is 0 Å². The Morgan fingerprint density at radius 2 is 1.11 bits per heavy atom. The molecule has 30 nitrogen and oxygen atoms in total. The number of hydrogen-bond donors (Lipinski definition) is 12. The number of aliphatic hydroxyl groups is 12. The standard InChI is InChI=1S/C70H108O30/c1-32-58(40(84-8)26-48(89-32)93-39-20-21-66(6)38(25-39)19-22-69(82)45(66)29-46(96-47(73)18-17-37-15-13-12-14-16-37)67(7)68(81,36(5)72)23-24-70(67,69)83)97-49-27-41(85-9)60(34(3)90-49)100-65-57(80)62(87-11)61(35(4)92-65)98-50-28-42(86-10)59(33(2)91-50)99-64-56(79)54(77)52(75)44(95-64)31-88-63-55(78)53(76)51(74)43(30-71)94-63/h12-19,32-36,39-46,48-65,71-72,74-83H,20-31H2,1-11H3. The van der Waals surface area contributed by atoms with Crippen molar-refractivity contribution >= 4 is 12.0 Å². The van der Waals surface area contributed by atoms with Crippen LogP contribution in [0.25, 0.3) is 6.08 Å². The van der Waals surface area contributed by atoms with Gasteiger partial charge in [0, 0.05) is 59.7 Å². The molecule has 568 valence electrons. The van der Waals surface area contributed by atoms with E-state index in [-0.39, 0.29) is 44.6 Å². The topological polar surface area (TPSA) is 417 Å². The Labute approximate surface area is 582 Å². The summed E-state index contributed by atoms with van der Waals surface area (Å²) in [5.74, 6) is -1.27. The van der Waals surface area contributed by atoms with Crippen molar-refractivity contribution in [3.63, 3.8) is 0 Å². The maximum atomic E-state index is 13.7. The maximum Gasteiger partial charge on any atom is 0.331 e. The Bertz CT molecular complexity index is 2910. The third-order valence-corrected chi connectivity index (χ3v) is 24.0. The summed E-state index contributed by atoms with van der Waals surface area (Å²) in [6.45, 7) is 11.0. The van der Waals surface area contributed by atoms with Gasteiger partial charge in [-0.15, -0.1) is 0 Å². The van der Waals surface area contributed by atoms with Gasteiger partial charge in [-0.25, -0.2) is 4.79 Å². The van der Waals surface area contributed by atoms with Crippen LogP contribution in [0.5, 0.6) is 0 Å². The Kier molecular flexibility index (Phi) is 24.6. The molecule has 36 unspecified atom stereocenters. The van der Waals surface area contributed by atoms with E-state index in [2.05, 4.69) is 6.92 Å². The summed E-state index contributed by atoms with van der Waals surface area (Å²) in [4.78, 5) is 13.7. The molecule has 30 heteroatoms. The molecule has 100 heavy (non-hydrogen) atoms. The summed E-state index contributed by atoms with van der Waals surface area (Å²) in [7, 11) is 5.99. The van der Waals surface area contributed by atoms with Gasteiger partial charge in [0.2, 0.25) is 0 Å². The summed E-state index contributed by atoms with van der Waals surface area (Å²) in [5, 5.41) is 135. The molecule has 1 aromatic rings. The second kappa shape index (κ2) is 31.5. The van der Waals surface area contributed by atoms with Crippen LogP contribution in [-0.4, -0.2) is 310 Å². The molecular weight excluding hydrogens is 1320 g/mol. The van der Waals surface area contributed by atoms with Crippen LogP contribution in [0.3, 0.4) is 0 Å². The predicted octanol–water partition coefficient (Wildman–Crippen LogP) is -0.353. The van der Waals surface area contributed by atoms with Gasteiger partial charge in [0.15, 0.2) is 37.7 Å². The number of rotatable bonds is 22. The molecular formula is C70H108O30. The molecule has 4 aliphatic carbocycles. The first-order chi connectivity index (χ1) is 47.4. The summed E-state index contributed by atoms with van der Waals surface area (Å²) < 4.78 is 105. The minimum absolute atomic E-state index is 0.0184. The summed E-state index contributed by atoms with van der Waals surface area (Å²) in [6, 6.07) is 9.27. The van der Waals surface area contributed by atoms with E-state index >= 15 is 0 Å². The summed E-state index contributed by atoms with van der Waals surface area (Å²) >= 11 is 0. The average molecular weight is 1430 g/mol. The van der Waals surface area contributed by atoms with Crippen molar-refractivity contribution in [2.75, 3.05) is 41.7 Å². The van der Waals surface area contributed by atoms with Crippen molar-refractivity contribution in [1.82, 2.24) is 0 Å². The number of methoxy groups -OCH3 is 4. The van der Waals surface area contributed by atoms with Gasteiger partial charge in [0.05, 0.1) is 73.6 Å². The van der Waals surface area contributed by atoms with Crippen LogP contribution in [0.4, 0.5) is 0 Å². The van der Waals surface area contributed by atoms with E-state index in [0.717, 1.165) is 11.1 Å². The number of carbonyl (C=O) groups is 1. The molecule has 0 radical (unpaired) electrons. The molecule has 6 saturated heterocycles. The minimum Gasteiger partial charge on any atom is -0.458 e. The largest absolute Gasteiger partial charge is 0.458 e. The highest BCUT2D eigenvalue weighted by Crippen LogP contribution is 2.71. The molecule has 1 aromatic carbocycles. The molecule has 6 aliphatic heterocycles. The molecule has 36 atom stereocenters. The van der Waals surface area contributed by atoms with Crippen molar-refractivity contribution < 1.29 is 147 Å². The first-order valence-corrected chi connectivity index (χ1v) is 35.2. The predicted molar refractivity (Wildman–Crippen MR) is 343 cm³/mol. The highest BCUT2D eigenvalue weighted by Gasteiger charge is 2.81. The van der Waals surface area contributed by atoms with Crippen LogP contribution in [0.1, 0.15) is 118 Å². The Hall–Kier alpha value is -2.95. The molecule has 12 N–H and O–H groups in total. The Morgan fingerprint density at radius 3 is 1.67 bits per heavy atom. The van der Waals surface area contributed by atoms with E-state index in [4.69, 9.17) is 80.5 Å². The Morgan fingerprint density at radius 1 is 0.590 bits per heavy atom. The molecule has 10 aliphatic rings. The molecule has 0 spiro atoms. The number of fused-ring (bicyclic) bond motifs is 5. The lowest BCUT2D eigenvalue weighted by Crippen LogP contribution is -2.78.